The minimum atomic E-state index is -0.810. The van der Waals surface area contributed by atoms with Gasteiger partial charge in [0, 0.05) is 18.5 Å². The molecule has 0 aromatic heterocycles. The highest BCUT2D eigenvalue weighted by molar-refractivity contribution is 5.87. The molecule has 0 aliphatic heterocycles. The number of hydrogen-bond donors (Lipinski definition) is 3. The quantitative estimate of drug-likeness (QED) is 0.468. The van der Waals surface area contributed by atoms with E-state index in [1.807, 2.05) is 24.3 Å². The Morgan fingerprint density at radius 2 is 1.71 bits per heavy atom. The first-order valence-corrected chi connectivity index (χ1v) is 12.5. The van der Waals surface area contributed by atoms with Crippen molar-refractivity contribution in [3.8, 4) is 11.1 Å². The molecule has 3 N–H and O–H groups in total. The van der Waals surface area contributed by atoms with Crippen molar-refractivity contribution in [2.24, 2.45) is 17.3 Å². The molecule has 7 nitrogen and oxygen atoms in total. The molecule has 2 saturated carbocycles. The van der Waals surface area contributed by atoms with E-state index in [9.17, 15) is 14.4 Å². The minimum Gasteiger partial charge on any atom is -0.481 e. The predicted octanol–water partition coefficient (Wildman–Crippen LogP) is 4.31. The minimum absolute atomic E-state index is 0.0195. The third kappa shape index (κ3) is 4.51. The summed E-state index contributed by atoms with van der Waals surface area (Å²) in [5.41, 5.74) is 4.35. The fraction of sp³-hybridized carbons (Fsp3) is 0.464. The first-order chi connectivity index (χ1) is 16.9. The molecule has 3 aliphatic carbocycles. The van der Waals surface area contributed by atoms with Gasteiger partial charge in [0.1, 0.15) is 6.61 Å². The van der Waals surface area contributed by atoms with Gasteiger partial charge in [-0.1, -0.05) is 55.5 Å². The lowest BCUT2D eigenvalue weighted by Gasteiger charge is -2.19. The molecule has 7 heteroatoms. The van der Waals surface area contributed by atoms with Gasteiger partial charge in [-0.2, -0.15) is 0 Å². The highest BCUT2D eigenvalue weighted by Crippen LogP contribution is 2.63. The van der Waals surface area contributed by atoms with Gasteiger partial charge >= 0.3 is 12.1 Å². The number of carbonyl (C=O) groups excluding carboxylic acids is 2. The van der Waals surface area contributed by atoms with E-state index in [1.165, 1.54) is 22.3 Å². The van der Waals surface area contributed by atoms with Gasteiger partial charge in [0.25, 0.3) is 0 Å². The van der Waals surface area contributed by atoms with Crippen LogP contribution >= 0.6 is 0 Å². The molecular weight excluding hydrogens is 444 g/mol. The Hall–Kier alpha value is -3.35. The van der Waals surface area contributed by atoms with Crippen molar-refractivity contribution in [3.05, 3.63) is 59.7 Å². The van der Waals surface area contributed by atoms with Crippen LogP contribution in [0.2, 0.25) is 0 Å². The third-order valence-corrected chi connectivity index (χ3v) is 8.05. The molecule has 2 amide bonds. The monoisotopic (exact) mass is 476 g/mol. The molecule has 0 spiro atoms. The summed E-state index contributed by atoms with van der Waals surface area (Å²) in [4.78, 5) is 36.3. The molecule has 0 heterocycles. The number of rotatable bonds is 9. The zero-order valence-electron chi connectivity index (χ0n) is 20.0. The first kappa shape index (κ1) is 23.4. The zero-order valence-corrected chi connectivity index (χ0v) is 20.0. The Labute approximate surface area is 205 Å². The predicted molar refractivity (Wildman–Crippen MR) is 131 cm³/mol. The number of carbonyl (C=O) groups is 3. The topological polar surface area (TPSA) is 105 Å². The lowest BCUT2D eigenvalue weighted by atomic mass is 9.98. The maximum absolute atomic E-state index is 12.8. The van der Waals surface area contributed by atoms with Gasteiger partial charge in [-0.3, -0.25) is 9.59 Å². The molecule has 0 saturated heterocycles. The molecule has 4 atom stereocenters. The molecule has 0 bridgehead atoms. The summed E-state index contributed by atoms with van der Waals surface area (Å²) in [7, 11) is 0. The van der Waals surface area contributed by atoms with Crippen LogP contribution in [0, 0.1) is 17.3 Å². The van der Waals surface area contributed by atoms with Gasteiger partial charge in [0.05, 0.1) is 11.3 Å². The van der Waals surface area contributed by atoms with Crippen molar-refractivity contribution >= 4 is 18.0 Å². The molecule has 2 aromatic rings. The van der Waals surface area contributed by atoms with Crippen LogP contribution in [0.1, 0.15) is 56.1 Å². The smallest absolute Gasteiger partial charge is 0.407 e. The molecule has 2 fully saturated rings. The number of ether oxygens (including phenoxy) is 1. The van der Waals surface area contributed by atoms with Crippen LogP contribution < -0.4 is 10.6 Å². The molecule has 2 aromatic carbocycles. The van der Waals surface area contributed by atoms with Crippen molar-refractivity contribution in [1.29, 1.82) is 0 Å². The maximum Gasteiger partial charge on any atom is 0.407 e. The summed E-state index contributed by atoms with van der Waals surface area (Å²) in [6.07, 6.45) is 3.01. The van der Waals surface area contributed by atoms with Gasteiger partial charge in [0.2, 0.25) is 5.91 Å². The number of alkyl carbamates (subject to hydrolysis) is 1. The molecule has 184 valence electrons. The molecule has 35 heavy (non-hydrogen) atoms. The van der Waals surface area contributed by atoms with Gasteiger partial charge in [-0.25, -0.2) is 4.79 Å². The van der Waals surface area contributed by atoms with E-state index in [4.69, 9.17) is 9.84 Å². The number of carboxylic acid groups (broad SMARTS) is 1. The molecule has 5 rings (SSSR count). The molecular formula is C28H32N2O5. The van der Waals surface area contributed by atoms with Crippen molar-refractivity contribution in [2.45, 2.75) is 51.0 Å². The number of nitrogens with one attached hydrogen (secondary N) is 2. The van der Waals surface area contributed by atoms with E-state index in [0.29, 0.717) is 31.7 Å². The van der Waals surface area contributed by atoms with E-state index >= 15 is 0 Å². The summed E-state index contributed by atoms with van der Waals surface area (Å²) in [5, 5.41) is 14.9. The Morgan fingerprint density at radius 3 is 2.37 bits per heavy atom. The average Bonchev–Trinajstić information content (AvgIpc) is 3.28. The maximum atomic E-state index is 12.8. The largest absolute Gasteiger partial charge is 0.481 e. The van der Waals surface area contributed by atoms with E-state index in [0.717, 1.165) is 12.8 Å². The standard InChI is InChI=1S/C28H32N2O5/c1-17(25(31)32)7-6-12-29-26(33)28-14-18(28)13-19(15-28)30-27(34)35-16-24-22-10-4-2-8-20(22)21-9-3-5-11-23(21)24/h2-5,8-11,17-19,24H,6-7,12-16H2,1H3,(H,29,33)(H,30,34)(H,31,32)/t17?,18-,19+,28+/m1/s1. The second kappa shape index (κ2) is 9.36. The Kier molecular flexibility index (Phi) is 6.26. The highest BCUT2D eigenvalue weighted by atomic mass is 16.5. The SMILES string of the molecule is CC(CCCNC(=O)[C@@]12C[C@@H](NC(=O)OCC3c4ccccc4-c4ccccc43)C[C@@H]1C2)C(=O)O. The summed E-state index contributed by atoms with van der Waals surface area (Å²) in [6, 6.07) is 16.4. The van der Waals surface area contributed by atoms with E-state index in [2.05, 4.69) is 34.9 Å². The second-order valence-electron chi connectivity index (χ2n) is 10.3. The second-order valence-corrected chi connectivity index (χ2v) is 10.3. The Bertz CT molecular complexity index is 1100. The lowest BCUT2D eigenvalue weighted by Crippen LogP contribution is -2.38. The fourth-order valence-electron chi connectivity index (χ4n) is 6.00. The Morgan fingerprint density at radius 1 is 1.06 bits per heavy atom. The van der Waals surface area contributed by atoms with Crippen molar-refractivity contribution < 1.29 is 24.2 Å². The van der Waals surface area contributed by atoms with E-state index in [-0.39, 0.29) is 29.9 Å². The zero-order chi connectivity index (χ0) is 24.6. The molecule has 3 aliphatic rings. The van der Waals surface area contributed by atoms with Crippen molar-refractivity contribution in [1.82, 2.24) is 10.6 Å². The van der Waals surface area contributed by atoms with E-state index in [1.54, 1.807) is 6.92 Å². The summed E-state index contributed by atoms with van der Waals surface area (Å²) < 4.78 is 5.67. The van der Waals surface area contributed by atoms with Crippen LogP contribution in [0.15, 0.2) is 48.5 Å². The lowest BCUT2D eigenvalue weighted by molar-refractivity contribution is -0.141. The number of fused-ring (bicyclic) bond motifs is 4. The van der Waals surface area contributed by atoms with Crippen LogP contribution in [0.3, 0.4) is 0 Å². The van der Waals surface area contributed by atoms with Crippen LogP contribution in [0.25, 0.3) is 11.1 Å². The van der Waals surface area contributed by atoms with Gasteiger partial charge in [-0.15, -0.1) is 0 Å². The van der Waals surface area contributed by atoms with Crippen molar-refractivity contribution in [2.75, 3.05) is 13.2 Å². The van der Waals surface area contributed by atoms with E-state index < -0.39 is 18.0 Å². The van der Waals surface area contributed by atoms with Crippen molar-refractivity contribution in [3.63, 3.8) is 0 Å². The number of amides is 2. The summed E-state index contributed by atoms with van der Waals surface area (Å²) in [6.45, 7) is 2.43. The van der Waals surface area contributed by atoms with Gasteiger partial charge in [-0.05, 0) is 60.3 Å². The van der Waals surface area contributed by atoms with Crippen LogP contribution in [-0.2, 0) is 14.3 Å². The third-order valence-electron chi connectivity index (χ3n) is 8.05. The molecule has 0 radical (unpaired) electrons. The number of hydrogen-bond acceptors (Lipinski definition) is 4. The van der Waals surface area contributed by atoms with Gasteiger partial charge in [0.15, 0.2) is 0 Å². The number of carboxylic acids is 1. The fourth-order valence-corrected chi connectivity index (χ4v) is 6.00. The van der Waals surface area contributed by atoms with Crippen LogP contribution in [0.4, 0.5) is 4.79 Å². The highest BCUT2D eigenvalue weighted by Gasteiger charge is 2.65. The number of benzene rings is 2. The van der Waals surface area contributed by atoms with Crippen LogP contribution in [0.5, 0.6) is 0 Å². The first-order valence-electron chi connectivity index (χ1n) is 12.5. The summed E-state index contributed by atoms with van der Waals surface area (Å²) >= 11 is 0. The average molecular weight is 477 g/mol. The number of aliphatic carboxylic acids is 1. The summed E-state index contributed by atoms with van der Waals surface area (Å²) in [5.74, 6) is -0.876. The molecule has 1 unspecified atom stereocenters. The Balaban J connectivity index is 1.10. The normalized spacial score (nSPS) is 24.6. The van der Waals surface area contributed by atoms with Crippen LogP contribution in [-0.4, -0.2) is 42.3 Å². The van der Waals surface area contributed by atoms with Gasteiger partial charge < -0.3 is 20.5 Å².